The fourth-order valence-electron chi connectivity index (χ4n) is 5.76. The Morgan fingerprint density at radius 3 is 2.26 bits per heavy atom. The molecule has 184 valence electrons. The van der Waals surface area contributed by atoms with Crippen LogP contribution in [0.1, 0.15) is 106 Å². The molecule has 0 aromatic heterocycles. The van der Waals surface area contributed by atoms with Gasteiger partial charge in [-0.2, -0.15) is 0 Å². The van der Waals surface area contributed by atoms with E-state index in [2.05, 4.69) is 53.8 Å². The number of halogens is 1. The zero-order valence-electron chi connectivity index (χ0n) is 22.1. The molecule has 2 nitrogen and oxygen atoms in total. The van der Waals surface area contributed by atoms with E-state index in [0.717, 1.165) is 48.7 Å². The first-order valence-corrected chi connectivity index (χ1v) is 15.8. The monoisotopic (exact) mass is 480 g/mol. The molecule has 2 aliphatic rings. The molecule has 0 bridgehead atoms. The highest BCUT2D eigenvalue weighted by Gasteiger charge is 2.44. The largest absolute Gasteiger partial charge is 0.410 e. The van der Waals surface area contributed by atoms with Gasteiger partial charge in [0.25, 0.3) is 0 Å². The minimum absolute atomic E-state index is 0.0731. The predicted molar refractivity (Wildman–Crippen MR) is 142 cm³/mol. The molecule has 34 heavy (non-hydrogen) atoms. The van der Waals surface area contributed by atoms with Gasteiger partial charge >= 0.3 is 0 Å². The van der Waals surface area contributed by atoms with Crippen LogP contribution in [-0.4, -0.2) is 14.6 Å². The average Bonchev–Trinajstić information content (AvgIpc) is 3.26. The van der Waals surface area contributed by atoms with E-state index in [0.29, 0.717) is 5.92 Å². The maximum atomic E-state index is 13.9. The van der Waals surface area contributed by atoms with E-state index in [-0.39, 0.29) is 22.4 Å². The summed E-state index contributed by atoms with van der Waals surface area (Å²) in [5.41, 5.74) is 6.47. The Morgan fingerprint density at radius 1 is 1.09 bits per heavy atom. The molecule has 2 aromatic carbocycles. The van der Waals surface area contributed by atoms with Crippen LogP contribution >= 0.6 is 0 Å². The number of hydrogen-bond acceptors (Lipinski definition) is 2. The fourth-order valence-corrected chi connectivity index (χ4v) is 7.03. The van der Waals surface area contributed by atoms with Gasteiger partial charge in [0.1, 0.15) is 5.82 Å². The van der Waals surface area contributed by atoms with Crippen LogP contribution in [0.25, 0.3) is 11.1 Å². The SMILES string of the molecule is CC1(C)Cc2cc(C3CCCC3)c(C=O)c(-c3ccc(F)cc3)c2[C@@H](O[Si](C)(C)C(C)(C)C)C1. The van der Waals surface area contributed by atoms with Crippen molar-refractivity contribution in [1.82, 2.24) is 0 Å². The number of carbonyl (C=O) groups excluding carboxylic acids is 1. The van der Waals surface area contributed by atoms with Gasteiger partial charge in [0.15, 0.2) is 14.6 Å². The maximum Gasteiger partial charge on any atom is 0.192 e. The van der Waals surface area contributed by atoms with Crippen LogP contribution in [0.3, 0.4) is 0 Å². The van der Waals surface area contributed by atoms with Crippen LogP contribution in [0.5, 0.6) is 0 Å². The Labute approximate surface area is 206 Å². The minimum atomic E-state index is -2.07. The van der Waals surface area contributed by atoms with E-state index in [9.17, 15) is 9.18 Å². The number of benzene rings is 2. The summed E-state index contributed by atoms with van der Waals surface area (Å²) in [6.45, 7) is 16.1. The number of aldehydes is 1. The summed E-state index contributed by atoms with van der Waals surface area (Å²) in [7, 11) is -2.07. The van der Waals surface area contributed by atoms with Crippen molar-refractivity contribution in [2.45, 2.75) is 103 Å². The second-order valence-electron chi connectivity index (χ2n) is 12.8. The van der Waals surface area contributed by atoms with Crippen LogP contribution in [0, 0.1) is 11.2 Å². The van der Waals surface area contributed by atoms with E-state index < -0.39 is 8.32 Å². The van der Waals surface area contributed by atoms with Crippen molar-refractivity contribution in [3.63, 3.8) is 0 Å². The minimum Gasteiger partial charge on any atom is -0.410 e. The van der Waals surface area contributed by atoms with Crippen molar-refractivity contribution >= 4 is 14.6 Å². The third kappa shape index (κ3) is 4.81. The average molecular weight is 481 g/mol. The zero-order chi connectivity index (χ0) is 24.9. The Bertz CT molecular complexity index is 1060. The van der Waals surface area contributed by atoms with Gasteiger partial charge in [0.05, 0.1) is 6.10 Å². The summed E-state index contributed by atoms with van der Waals surface area (Å²) in [5, 5.41) is 0.0854. The standard InChI is InChI=1S/C30H41FO2Si/c1-29(2,3)34(6,7)33-26-18-30(4,5)17-22-16-24(20-10-8-9-11-20)25(19-32)27(28(22)26)21-12-14-23(31)15-13-21/h12-16,19-20,26H,8-11,17-18H2,1-7H3/t26-/m0/s1. The maximum absolute atomic E-state index is 13.9. The lowest BCUT2D eigenvalue weighted by atomic mass is 9.69. The predicted octanol–water partition coefficient (Wildman–Crippen LogP) is 9.00. The lowest BCUT2D eigenvalue weighted by molar-refractivity contribution is 0.107. The number of rotatable bonds is 5. The number of carbonyl (C=O) groups is 1. The van der Waals surface area contributed by atoms with Crippen molar-refractivity contribution in [3.8, 4) is 11.1 Å². The first kappa shape index (κ1) is 25.3. The van der Waals surface area contributed by atoms with Gasteiger partial charge in [-0.05, 0) is 95.1 Å². The van der Waals surface area contributed by atoms with Crippen molar-refractivity contribution in [2.75, 3.05) is 0 Å². The van der Waals surface area contributed by atoms with Gasteiger partial charge in [-0.3, -0.25) is 4.79 Å². The summed E-state index contributed by atoms with van der Waals surface area (Å²) in [6, 6.07) is 9.02. The number of hydrogen-bond donors (Lipinski definition) is 0. The molecule has 0 heterocycles. The molecule has 1 fully saturated rings. The topological polar surface area (TPSA) is 26.3 Å². The molecule has 2 aliphatic carbocycles. The molecule has 0 spiro atoms. The molecule has 4 heteroatoms. The van der Waals surface area contributed by atoms with Crippen LogP contribution in [0.15, 0.2) is 30.3 Å². The van der Waals surface area contributed by atoms with Crippen LogP contribution in [-0.2, 0) is 10.8 Å². The van der Waals surface area contributed by atoms with Gasteiger partial charge in [0, 0.05) is 5.56 Å². The molecule has 0 saturated heterocycles. The summed E-state index contributed by atoms with van der Waals surface area (Å²) < 4.78 is 21.0. The Morgan fingerprint density at radius 2 is 1.71 bits per heavy atom. The molecular weight excluding hydrogens is 439 g/mol. The summed E-state index contributed by atoms with van der Waals surface area (Å²) in [4.78, 5) is 12.7. The Hall–Kier alpha value is -1.78. The highest BCUT2D eigenvalue weighted by Crippen LogP contribution is 2.52. The second-order valence-corrected chi connectivity index (χ2v) is 17.6. The molecule has 0 amide bonds. The van der Waals surface area contributed by atoms with E-state index in [1.54, 1.807) is 0 Å². The van der Waals surface area contributed by atoms with Gasteiger partial charge in [0.2, 0.25) is 0 Å². The fraction of sp³-hybridized carbons (Fsp3) is 0.567. The smallest absolute Gasteiger partial charge is 0.192 e. The highest BCUT2D eigenvalue weighted by atomic mass is 28.4. The van der Waals surface area contributed by atoms with Crippen LogP contribution in [0.4, 0.5) is 4.39 Å². The lowest BCUT2D eigenvalue weighted by Gasteiger charge is -2.45. The summed E-state index contributed by atoms with van der Waals surface area (Å²) in [6.07, 6.45) is 7.56. The molecule has 4 rings (SSSR count). The Kier molecular flexibility index (Phi) is 6.71. The highest BCUT2D eigenvalue weighted by molar-refractivity contribution is 6.74. The van der Waals surface area contributed by atoms with E-state index in [1.807, 2.05) is 12.1 Å². The molecule has 0 unspecified atom stereocenters. The van der Waals surface area contributed by atoms with E-state index in [4.69, 9.17) is 4.43 Å². The normalized spacial score (nSPS) is 20.9. The van der Waals surface area contributed by atoms with Crippen LogP contribution < -0.4 is 0 Å². The second kappa shape index (κ2) is 9.02. The quantitative estimate of drug-likeness (QED) is 0.315. The molecule has 0 N–H and O–H groups in total. The van der Waals surface area contributed by atoms with Crippen molar-refractivity contribution in [3.05, 3.63) is 58.4 Å². The van der Waals surface area contributed by atoms with Gasteiger partial charge < -0.3 is 4.43 Å². The summed E-state index contributed by atoms with van der Waals surface area (Å²) in [5.74, 6) is 0.168. The molecular formula is C30H41FO2Si. The Balaban J connectivity index is 1.99. The van der Waals surface area contributed by atoms with Crippen molar-refractivity contribution < 1.29 is 13.6 Å². The van der Waals surface area contributed by atoms with Gasteiger partial charge in [-0.1, -0.05) is 65.7 Å². The molecule has 0 aliphatic heterocycles. The van der Waals surface area contributed by atoms with Crippen molar-refractivity contribution in [1.29, 1.82) is 0 Å². The lowest BCUT2D eigenvalue weighted by Crippen LogP contribution is -2.43. The van der Waals surface area contributed by atoms with Gasteiger partial charge in [-0.15, -0.1) is 0 Å². The molecule has 1 atom stereocenters. The molecule has 2 aromatic rings. The summed E-state index contributed by atoms with van der Waals surface area (Å²) >= 11 is 0. The first-order valence-electron chi connectivity index (χ1n) is 12.9. The molecule has 0 radical (unpaired) electrons. The molecule has 1 saturated carbocycles. The third-order valence-corrected chi connectivity index (χ3v) is 13.0. The zero-order valence-corrected chi connectivity index (χ0v) is 23.1. The van der Waals surface area contributed by atoms with Crippen molar-refractivity contribution in [2.24, 2.45) is 5.41 Å². The van der Waals surface area contributed by atoms with Crippen LogP contribution in [0.2, 0.25) is 18.1 Å². The van der Waals surface area contributed by atoms with E-state index in [1.165, 1.54) is 41.7 Å². The van der Waals surface area contributed by atoms with Gasteiger partial charge in [-0.25, -0.2) is 4.39 Å². The van der Waals surface area contributed by atoms with E-state index >= 15 is 0 Å². The number of fused-ring (bicyclic) bond motifs is 1. The third-order valence-electron chi connectivity index (χ3n) is 8.54. The first-order chi connectivity index (χ1) is 15.8.